The van der Waals surface area contributed by atoms with Crippen molar-refractivity contribution < 1.29 is 9.47 Å². The van der Waals surface area contributed by atoms with Crippen LogP contribution < -0.4 is 0 Å². The summed E-state index contributed by atoms with van der Waals surface area (Å²) in [5, 5.41) is 0. The van der Waals surface area contributed by atoms with Gasteiger partial charge in [0.05, 0.1) is 0 Å². The molecule has 3 aliphatic heterocycles. The molecule has 0 aliphatic carbocycles. The van der Waals surface area contributed by atoms with E-state index in [1.165, 1.54) is 19.5 Å². The summed E-state index contributed by atoms with van der Waals surface area (Å²) in [4.78, 5) is 2.41. The highest BCUT2D eigenvalue weighted by Gasteiger charge is 2.55. The van der Waals surface area contributed by atoms with Crippen LogP contribution in [0.2, 0.25) is 0 Å². The van der Waals surface area contributed by atoms with Crippen molar-refractivity contribution in [3.63, 3.8) is 0 Å². The van der Waals surface area contributed by atoms with E-state index in [4.69, 9.17) is 9.47 Å². The zero-order valence-electron chi connectivity index (χ0n) is 7.62. The molecule has 0 N–H and O–H groups in total. The molecule has 3 rings (SSSR count). The van der Waals surface area contributed by atoms with Crippen molar-refractivity contribution in [2.24, 2.45) is 5.92 Å². The van der Waals surface area contributed by atoms with E-state index in [2.05, 4.69) is 4.90 Å². The van der Waals surface area contributed by atoms with Gasteiger partial charge in [-0.2, -0.15) is 0 Å². The van der Waals surface area contributed by atoms with E-state index < -0.39 is 0 Å². The number of piperidine rings is 1. The smallest absolute Gasteiger partial charge is 0.165 e. The van der Waals surface area contributed by atoms with Gasteiger partial charge in [-0.25, -0.2) is 0 Å². The van der Waals surface area contributed by atoms with Gasteiger partial charge in [0, 0.05) is 19.0 Å². The number of hydrogen-bond donors (Lipinski definition) is 0. The quantitative estimate of drug-likeness (QED) is 0.535. The molecule has 4 unspecified atom stereocenters. The van der Waals surface area contributed by atoms with Crippen molar-refractivity contribution in [2.75, 3.05) is 13.1 Å². The molecular formula is C9H15NO2. The van der Waals surface area contributed by atoms with Gasteiger partial charge in [-0.15, -0.1) is 0 Å². The molecule has 0 amide bonds. The third-order valence-electron chi connectivity index (χ3n) is 3.19. The van der Waals surface area contributed by atoms with E-state index in [1.807, 2.05) is 13.8 Å². The lowest BCUT2D eigenvalue weighted by molar-refractivity contribution is -0.166. The Morgan fingerprint density at radius 1 is 1.33 bits per heavy atom. The Labute approximate surface area is 72.6 Å². The summed E-state index contributed by atoms with van der Waals surface area (Å²) in [6, 6.07) is 0. The van der Waals surface area contributed by atoms with Crippen LogP contribution in [-0.4, -0.2) is 36.1 Å². The number of nitrogens with zero attached hydrogens (tertiary/aromatic N) is 1. The van der Waals surface area contributed by atoms with Gasteiger partial charge in [0.2, 0.25) is 0 Å². The normalized spacial score (nSPS) is 54.5. The van der Waals surface area contributed by atoms with Crippen molar-refractivity contribution in [3.05, 3.63) is 0 Å². The molecule has 0 spiro atoms. The maximum absolute atomic E-state index is 5.84. The number of hydrogen-bond acceptors (Lipinski definition) is 3. The molecular weight excluding hydrogens is 154 g/mol. The van der Waals surface area contributed by atoms with Gasteiger partial charge in [-0.1, -0.05) is 0 Å². The number of rotatable bonds is 0. The molecule has 3 heteroatoms. The molecule has 3 nitrogen and oxygen atoms in total. The highest BCUT2D eigenvalue weighted by atomic mass is 16.8. The fourth-order valence-electron chi connectivity index (χ4n) is 2.70. The second-order valence-corrected chi connectivity index (χ2v) is 4.53. The van der Waals surface area contributed by atoms with Gasteiger partial charge in [-0.05, 0) is 20.3 Å². The maximum Gasteiger partial charge on any atom is 0.165 e. The molecule has 0 aromatic heterocycles. The van der Waals surface area contributed by atoms with Gasteiger partial charge in [-0.3, -0.25) is 4.90 Å². The van der Waals surface area contributed by atoms with Crippen LogP contribution in [0.5, 0.6) is 0 Å². The Morgan fingerprint density at radius 2 is 2.17 bits per heavy atom. The zero-order valence-corrected chi connectivity index (χ0v) is 7.62. The van der Waals surface area contributed by atoms with Crippen LogP contribution in [0.25, 0.3) is 0 Å². The molecule has 3 saturated heterocycles. The van der Waals surface area contributed by atoms with Crippen LogP contribution in [0.15, 0.2) is 0 Å². The Kier molecular flexibility index (Phi) is 1.23. The summed E-state index contributed by atoms with van der Waals surface area (Å²) in [7, 11) is 0. The summed E-state index contributed by atoms with van der Waals surface area (Å²) in [5.74, 6) is 0.383. The molecule has 12 heavy (non-hydrogen) atoms. The summed E-state index contributed by atoms with van der Waals surface area (Å²) in [5.41, 5.74) is 0. The van der Waals surface area contributed by atoms with Gasteiger partial charge >= 0.3 is 0 Å². The van der Waals surface area contributed by atoms with Crippen LogP contribution >= 0.6 is 0 Å². The monoisotopic (exact) mass is 169 g/mol. The summed E-state index contributed by atoms with van der Waals surface area (Å²) >= 11 is 0. The van der Waals surface area contributed by atoms with Crippen molar-refractivity contribution in [1.82, 2.24) is 4.90 Å². The Morgan fingerprint density at radius 3 is 2.92 bits per heavy atom. The largest absolute Gasteiger partial charge is 0.343 e. The van der Waals surface area contributed by atoms with E-state index in [9.17, 15) is 0 Å². The van der Waals surface area contributed by atoms with Crippen LogP contribution in [0.3, 0.4) is 0 Å². The molecule has 2 bridgehead atoms. The zero-order chi connectivity index (χ0) is 8.34. The lowest BCUT2D eigenvalue weighted by Crippen LogP contribution is -2.37. The molecule has 3 fully saturated rings. The first-order valence-corrected chi connectivity index (χ1v) is 4.75. The Bertz CT molecular complexity index is 197. The third-order valence-corrected chi connectivity index (χ3v) is 3.19. The first kappa shape index (κ1) is 7.30. The minimum Gasteiger partial charge on any atom is -0.343 e. The predicted octanol–water partition coefficient (Wildman–Crippen LogP) is 0.799. The summed E-state index contributed by atoms with van der Waals surface area (Å²) in [6.45, 7) is 6.40. The lowest BCUT2D eigenvalue weighted by Gasteiger charge is -2.23. The van der Waals surface area contributed by atoms with Crippen LogP contribution in [-0.2, 0) is 9.47 Å². The molecule has 4 atom stereocenters. The first-order chi connectivity index (χ1) is 5.66. The third kappa shape index (κ3) is 0.817. The molecule has 3 heterocycles. The van der Waals surface area contributed by atoms with E-state index in [0.29, 0.717) is 6.10 Å². The first-order valence-electron chi connectivity index (χ1n) is 4.75. The van der Waals surface area contributed by atoms with Gasteiger partial charge < -0.3 is 9.47 Å². The van der Waals surface area contributed by atoms with E-state index >= 15 is 0 Å². The topological polar surface area (TPSA) is 21.7 Å². The molecule has 3 aliphatic rings. The Balaban J connectivity index is 1.87. The van der Waals surface area contributed by atoms with Gasteiger partial charge in [0.25, 0.3) is 0 Å². The molecule has 68 valence electrons. The highest BCUT2D eigenvalue weighted by molar-refractivity contribution is 4.99. The van der Waals surface area contributed by atoms with E-state index in [-0.39, 0.29) is 12.0 Å². The van der Waals surface area contributed by atoms with Crippen LogP contribution in [0.1, 0.15) is 20.3 Å². The second kappa shape index (κ2) is 2.03. The fourth-order valence-corrected chi connectivity index (χ4v) is 2.70. The standard InChI is InChI=1S/C9H15NO2/c1-9(2)11-7-6-3-4-10(5-6)8(7)12-9/h6-8H,3-5H2,1-2H3. The van der Waals surface area contributed by atoms with Gasteiger partial charge in [0.1, 0.15) is 12.3 Å². The molecule has 0 saturated carbocycles. The summed E-state index contributed by atoms with van der Waals surface area (Å²) in [6.07, 6.45) is 1.91. The Hall–Kier alpha value is -0.120. The van der Waals surface area contributed by atoms with Gasteiger partial charge in [0.15, 0.2) is 5.79 Å². The predicted molar refractivity (Wildman–Crippen MR) is 43.5 cm³/mol. The minimum atomic E-state index is -0.351. The van der Waals surface area contributed by atoms with E-state index in [0.717, 1.165) is 5.92 Å². The molecule has 0 aromatic carbocycles. The van der Waals surface area contributed by atoms with Crippen molar-refractivity contribution in [3.8, 4) is 0 Å². The highest BCUT2D eigenvalue weighted by Crippen LogP contribution is 2.43. The van der Waals surface area contributed by atoms with Crippen molar-refractivity contribution >= 4 is 0 Å². The van der Waals surface area contributed by atoms with E-state index in [1.54, 1.807) is 0 Å². The van der Waals surface area contributed by atoms with Crippen LogP contribution in [0.4, 0.5) is 0 Å². The van der Waals surface area contributed by atoms with Crippen molar-refractivity contribution in [1.29, 1.82) is 0 Å². The maximum atomic E-state index is 5.84. The number of fused-ring (bicyclic) bond motifs is 5. The molecule has 0 radical (unpaired) electrons. The second-order valence-electron chi connectivity index (χ2n) is 4.53. The van der Waals surface area contributed by atoms with Crippen LogP contribution in [0, 0.1) is 5.92 Å². The minimum absolute atomic E-state index is 0.263. The fraction of sp³-hybridized carbons (Fsp3) is 1.00. The lowest BCUT2D eigenvalue weighted by atomic mass is 10.0. The molecule has 0 aromatic rings. The summed E-state index contributed by atoms with van der Waals surface area (Å²) < 4.78 is 11.7. The number of ether oxygens (including phenoxy) is 2. The van der Waals surface area contributed by atoms with Crippen molar-refractivity contribution in [2.45, 2.75) is 38.4 Å². The average molecular weight is 169 g/mol. The average Bonchev–Trinajstić information content (AvgIpc) is 2.54. The SMILES string of the molecule is CC1(C)OC2C3CCN(C3)C2O1.